The lowest BCUT2D eigenvalue weighted by molar-refractivity contribution is -0.159. The van der Waals surface area contributed by atoms with E-state index in [2.05, 4.69) is 4.74 Å². The second-order valence-corrected chi connectivity index (χ2v) is 3.49. The molecule has 0 radical (unpaired) electrons. The van der Waals surface area contributed by atoms with Gasteiger partial charge < -0.3 is 9.84 Å². The maximum Gasteiger partial charge on any atom is 0.422 e. The standard InChI is InChI=1S/C11H10F3NO4/c12-11(13,14)7-19-10(18)15(6-9(16)17)8-4-2-1-3-5-8/h1-5H,6-7H2,(H,16,17). The number of aliphatic carboxylic acids is 1. The van der Waals surface area contributed by atoms with Crippen molar-refractivity contribution < 1.29 is 32.6 Å². The number of carboxylic acids is 1. The van der Waals surface area contributed by atoms with Crippen LogP contribution in [-0.4, -0.2) is 36.5 Å². The van der Waals surface area contributed by atoms with Gasteiger partial charge in [0.05, 0.1) is 0 Å². The molecular formula is C11H10F3NO4. The Balaban J connectivity index is 2.80. The second kappa shape index (κ2) is 6.07. The number of nitrogens with zero attached hydrogens (tertiary/aromatic N) is 1. The Morgan fingerprint density at radius 1 is 1.21 bits per heavy atom. The Labute approximate surface area is 106 Å². The summed E-state index contributed by atoms with van der Waals surface area (Å²) in [6.45, 7) is -2.56. The molecule has 5 nitrogen and oxygen atoms in total. The zero-order valence-corrected chi connectivity index (χ0v) is 9.55. The van der Waals surface area contributed by atoms with E-state index in [9.17, 15) is 22.8 Å². The normalized spacial score (nSPS) is 10.9. The van der Waals surface area contributed by atoms with Crippen LogP contribution < -0.4 is 4.90 Å². The smallest absolute Gasteiger partial charge is 0.422 e. The molecule has 0 aliphatic carbocycles. The van der Waals surface area contributed by atoms with E-state index in [4.69, 9.17) is 5.11 Å². The van der Waals surface area contributed by atoms with Crippen LogP contribution in [0, 0.1) is 0 Å². The average molecular weight is 277 g/mol. The van der Waals surface area contributed by atoms with Gasteiger partial charge in [0.2, 0.25) is 0 Å². The molecule has 0 fully saturated rings. The van der Waals surface area contributed by atoms with Crippen LogP contribution in [0.5, 0.6) is 0 Å². The van der Waals surface area contributed by atoms with Crippen molar-refractivity contribution in [3.8, 4) is 0 Å². The Morgan fingerprint density at radius 2 is 1.79 bits per heavy atom. The monoisotopic (exact) mass is 277 g/mol. The molecule has 0 atom stereocenters. The summed E-state index contributed by atoms with van der Waals surface area (Å²) in [5.41, 5.74) is 0.136. The number of alkyl halides is 3. The number of carbonyl (C=O) groups is 2. The molecule has 0 unspecified atom stereocenters. The number of amides is 1. The van der Waals surface area contributed by atoms with E-state index in [1.165, 1.54) is 24.3 Å². The highest BCUT2D eigenvalue weighted by molar-refractivity contribution is 5.92. The molecular weight excluding hydrogens is 267 g/mol. The number of para-hydroxylation sites is 1. The maximum absolute atomic E-state index is 11.9. The first-order valence-electron chi connectivity index (χ1n) is 5.07. The molecule has 0 aromatic heterocycles. The van der Waals surface area contributed by atoms with E-state index < -0.39 is 31.4 Å². The van der Waals surface area contributed by atoms with Crippen LogP contribution in [0.1, 0.15) is 0 Å². The van der Waals surface area contributed by atoms with Crippen molar-refractivity contribution >= 4 is 17.7 Å². The van der Waals surface area contributed by atoms with Crippen molar-refractivity contribution in [2.24, 2.45) is 0 Å². The van der Waals surface area contributed by atoms with Gasteiger partial charge in [-0.05, 0) is 12.1 Å². The molecule has 1 aromatic rings. The van der Waals surface area contributed by atoms with Gasteiger partial charge in [-0.2, -0.15) is 13.2 Å². The topological polar surface area (TPSA) is 66.8 Å². The van der Waals surface area contributed by atoms with Gasteiger partial charge in [0.25, 0.3) is 0 Å². The molecule has 1 aromatic carbocycles. The van der Waals surface area contributed by atoms with Crippen LogP contribution in [0.3, 0.4) is 0 Å². The summed E-state index contributed by atoms with van der Waals surface area (Å²) in [4.78, 5) is 22.7. The van der Waals surface area contributed by atoms with Crippen molar-refractivity contribution in [3.05, 3.63) is 30.3 Å². The fourth-order valence-corrected chi connectivity index (χ4v) is 1.23. The number of halogens is 3. The average Bonchev–Trinajstić information content (AvgIpc) is 2.33. The van der Waals surface area contributed by atoms with Gasteiger partial charge in [-0.25, -0.2) is 4.79 Å². The minimum Gasteiger partial charge on any atom is -0.480 e. The summed E-state index contributed by atoms with van der Waals surface area (Å²) in [6, 6.07) is 7.42. The van der Waals surface area contributed by atoms with Crippen LogP contribution in [-0.2, 0) is 9.53 Å². The van der Waals surface area contributed by atoms with E-state index in [-0.39, 0.29) is 5.69 Å². The minimum absolute atomic E-state index is 0.136. The van der Waals surface area contributed by atoms with Gasteiger partial charge in [-0.15, -0.1) is 0 Å². The molecule has 1 rings (SSSR count). The Kier molecular flexibility index (Phi) is 4.74. The number of rotatable bonds is 4. The van der Waals surface area contributed by atoms with E-state index in [1.54, 1.807) is 6.07 Å². The van der Waals surface area contributed by atoms with Crippen molar-refractivity contribution in [3.63, 3.8) is 0 Å². The first-order valence-corrected chi connectivity index (χ1v) is 5.07. The Hall–Kier alpha value is -2.25. The van der Waals surface area contributed by atoms with Gasteiger partial charge in [-0.3, -0.25) is 9.69 Å². The molecule has 19 heavy (non-hydrogen) atoms. The number of ether oxygens (including phenoxy) is 1. The number of carboxylic acid groups (broad SMARTS) is 1. The Bertz CT molecular complexity index is 447. The first kappa shape index (κ1) is 14.8. The molecule has 0 spiro atoms. The summed E-state index contributed by atoms with van der Waals surface area (Å²) < 4.78 is 39.8. The zero-order chi connectivity index (χ0) is 14.5. The molecule has 8 heteroatoms. The van der Waals surface area contributed by atoms with Gasteiger partial charge in [0.1, 0.15) is 6.54 Å². The summed E-state index contributed by atoms with van der Waals surface area (Å²) in [5.74, 6) is -1.37. The third kappa shape index (κ3) is 5.28. The van der Waals surface area contributed by atoms with Crippen LogP contribution in [0.4, 0.5) is 23.7 Å². The summed E-state index contributed by atoms with van der Waals surface area (Å²) in [5, 5.41) is 8.65. The predicted molar refractivity (Wildman–Crippen MR) is 58.8 cm³/mol. The third-order valence-electron chi connectivity index (χ3n) is 1.94. The quantitative estimate of drug-likeness (QED) is 0.916. The largest absolute Gasteiger partial charge is 0.480 e. The highest BCUT2D eigenvalue weighted by Gasteiger charge is 2.31. The van der Waals surface area contributed by atoms with Crippen LogP contribution in [0.25, 0.3) is 0 Å². The highest BCUT2D eigenvalue weighted by Crippen LogP contribution is 2.18. The zero-order valence-electron chi connectivity index (χ0n) is 9.55. The fourth-order valence-electron chi connectivity index (χ4n) is 1.23. The molecule has 1 N–H and O–H groups in total. The lowest BCUT2D eigenvalue weighted by Gasteiger charge is -2.20. The van der Waals surface area contributed by atoms with Crippen molar-refractivity contribution in [1.29, 1.82) is 0 Å². The van der Waals surface area contributed by atoms with Gasteiger partial charge >= 0.3 is 18.2 Å². The number of hydrogen-bond donors (Lipinski definition) is 1. The fraction of sp³-hybridized carbons (Fsp3) is 0.273. The van der Waals surface area contributed by atoms with E-state index in [1.807, 2.05) is 0 Å². The van der Waals surface area contributed by atoms with Crippen LogP contribution in [0.15, 0.2) is 30.3 Å². The van der Waals surface area contributed by atoms with Gasteiger partial charge in [-0.1, -0.05) is 18.2 Å². The lowest BCUT2D eigenvalue weighted by Crippen LogP contribution is -2.37. The molecule has 0 saturated carbocycles. The van der Waals surface area contributed by atoms with E-state index >= 15 is 0 Å². The first-order chi connectivity index (χ1) is 8.79. The van der Waals surface area contributed by atoms with E-state index in [0.717, 1.165) is 0 Å². The molecule has 0 aliphatic heterocycles. The molecule has 1 amide bonds. The number of carbonyl (C=O) groups excluding carboxylic acids is 1. The molecule has 0 saturated heterocycles. The van der Waals surface area contributed by atoms with Crippen LogP contribution >= 0.6 is 0 Å². The Morgan fingerprint density at radius 3 is 2.26 bits per heavy atom. The second-order valence-electron chi connectivity index (χ2n) is 3.49. The van der Waals surface area contributed by atoms with Crippen molar-refractivity contribution in [2.45, 2.75) is 6.18 Å². The molecule has 0 heterocycles. The maximum atomic E-state index is 11.9. The summed E-state index contributed by atoms with van der Waals surface area (Å²) >= 11 is 0. The van der Waals surface area contributed by atoms with Gasteiger partial charge in [0, 0.05) is 5.69 Å². The van der Waals surface area contributed by atoms with Crippen molar-refractivity contribution in [2.75, 3.05) is 18.1 Å². The minimum atomic E-state index is -4.67. The summed E-state index contributed by atoms with van der Waals surface area (Å²) in [7, 11) is 0. The number of benzene rings is 1. The summed E-state index contributed by atoms with van der Waals surface area (Å²) in [6.07, 6.45) is -6.03. The lowest BCUT2D eigenvalue weighted by atomic mass is 10.3. The van der Waals surface area contributed by atoms with Crippen LogP contribution in [0.2, 0.25) is 0 Å². The van der Waals surface area contributed by atoms with Crippen molar-refractivity contribution in [1.82, 2.24) is 0 Å². The highest BCUT2D eigenvalue weighted by atomic mass is 19.4. The molecule has 104 valence electrons. The van der Waals surface area contributed by atoms with E-state index in [0.29, 0.717) is 4.90 Å². The molecule has 0 bridgehead atoms. The third-order valence-corrected chi connectivity index (χ3v) is 1.94. The number of hydrogen-bond acceptors (Lipinski definition) is 3. The number of anilines is 1. The SMILES string of the molecule is O=C(O)CN(C(=O)OCC(F)(F)F)c1ccccc1. The molecule has 0 aliphatic rings. The predicted octanol–water partition coefficient (Wildman–Crippen LogP) is 2.28. The van der Waals surface area contributed by atoms with Gasteiger partial charge in [0.15, 0.2) is 6.61 Å².